The number of fused-ring (bicyclic) bond motifs is 3. The molecule has 2 aromatic carbocycles. The second-order valence-electron chi connectivity index (χ2n) is 9.61. The summed E-state index contributed by atoms with van der Waals surface area (Å²) in [6, 6.07) is 14.1. The molecule has 0 aliphatic carbocycles. The molecular formula is C27H29ClN2O3. The van der Waals surface area contributed by atoms with E-state index in [0.29, 0.717) is 10.9 Å². The zero-order valence-corrected chi connectivity index (χ0v) is 19.4. The number of Topliss-reactive ketones (excluding diaryl/α,β-unsaturated/α-hetero) is 1. The van der Waals surface area contributed by atoms with Crippen LogP contribution in [-0.4, -0.2) is 36.7 Å². The Balaban J connectivity index is 1.39. The van der Waals surface area contributed by atoms with Crippen molar-refractivity contribution < 1.29 is 14.3 Å². The van der Waals surface area contributed by atoms with Crippen LogP contribution in [0.2, 0.25) is 5.02 Å². The number of carbonyl (C=O) groups is 1. The molecule has 2 fully saturated rings. The van der Waals surface area contributed by atoms with Crippen LogP contribution >= 0.6 is 11.6 Å². The van der Waals surface area contributed by atoms with Crippen molar-refractivity contribution in [1.82, 2.24) is 9.88 Å². The molecule has 172 valence electrons. The van der Waals surface area contributed by atoms with Gasteiger partial charge in [0.05, 0.1) is 11.1 Å². The first-order chi connectivity index (χ1) is 16.1. The highest BCUT2D eigenvalue weighted by Crippen LogP contribution is 2.49. The van der Waals surface area contributed by atoms with Crippen molar-refractivity contribution in [3.8, 4) is 0 Å². The van der Waals surface area contributed by atoms with E-state index < -0.39 is 6.10 Å². The van der Waals surface area contributed by atoms with Crippen LogP contribution in [0.4, 0.5) is 0 Å². The van der Waals surface area contributed by atoms with Crippen LogP contribution in [0.25, 0.3) is 10.9 Å². The Hall–Kier alpha value is -2.18. The van der Waals surface area contributed by atoms with Crippen molar-refractivity contribution in [2.45, 2.75) is 43.9 Å². The molecule has 3 aliphatic rings. The normalized spacial score (nSPS) is 22.6. The average Bonchev–Trinajstić information content (AvgIpc) is 3.36. The number of aromatic nitrogens is 1. The summed E-state index contributed by atoms with van der Waals surface area (Å²) in [5.74, 6) is 0.577. The highest BCUT2D eigenvalue weighted by molar-refractivity contribution is 6.31. The Labute approximate surface area is 199 Å². The van der Waals surface area contributed by atoms with E-state index in [2.05, 4.69) is 28.1 Å². The SMILES string of the molecule is O=C(c1cn(CC2CCOCC2)c2cc(Cl)ccc12)[C@@H]1OC2(CCNCC2)c2ccccc21. The highest BCUT2D eigenvalue weighted by Gasteiger charge is 2.48. The lowest BCUT2D eigenvalue weighted by atomic mass is 9.84. The van der Waals surface area contributed by atoms with E-state index in [-0.39, 0.29) is 11.4 Å². The van der Waals surface area contributed by atoms with Gasteiger partial charge in [-0.3, -0.25) is 4.79 Å². The molecule has 0 amide bonds. The molecule has 6 rings (SSSR count). The molecule has 3 aromatic rings. The van der Waals surface area contributed by atoms with Crippen LogP contribution in [0, 0.1) is 5.92 Å². The number of benzene rings is 2. The monoisotopic (exact) mass is 464 g/mol. The van der Waals surface area contributed by atoms with E-state index in [4.69, 9.17) is 21.1 Å². The minimum absolute atomic E-state index is 0.0379. The fourth-order valence-electron chi connectivity index (χ4n) is 5.87. The first-order valence-electron chi connectivity index (χ1n) is 12.0. The Morgan fingerprint density at radius 1 is 1.12 bits per heavy atom. The summed E-state index contributed by atoms with van der Waals surface area (Å²) in [5.41, 5.74) is 3.56. The Morgan fingerprint density at radius 3 is 2.73 bits per heavy atom. The molecule has 3 aliphatic heterocycles. The Kier molecular flexibility index (Phi) is 5.53. The zero-order valence-electron chi connectivity index (χ0n) is 18.7. The van der Waals surface area contributed by atoms with Crippen LogP contribution < -0.4 is 5.32 Å². The zero-order chi connectivity index (χ0) is 22.4. The molecule has 4 heterocycles. The van der Waals surface area contributed by atoms with Crippen molar-refractivity contribution in [2.24, 2.45) is 5.92 Å². The second-order valence-corrected chi connectivity index (χ2v) is 10.0. The summed E-state index contributed by atoms with van der Waals surface area (Å²) < 4.78 is 14.4. The van der Waals surface area contributed by atoms with Crippen molar-refractivity contribution >= 4 is 28.3 Å². The van der Waals surface area contributed by atoms with Gasteiger partial charge in [-0.2, -0.15) is 0 Å². The number of hydrogen-bond acceptors (Lipinski definition) is 4. The quantitative estimate of drug-likeness (QED) is 0.535. The average molecular weight is 465 g/mol. The third kappa shape index (κ3) is 3.71. The number of rotatable bonds is 4. The molecule has 0 saturated carbocycles. The molecule has 1 spiro atoms. The minimum atomic E-state index is -0.572. The lowest BCUT2D eigenvalue weighted by Crippen LogP contribution is -2.40. The number of piperidine rings is 1. The predicted octanol–water partition coefficient (Wildman–Crippen LogP) is 5.25. The summed E-state index contributed by atoms with van der Waals surface area (Å²) in [6.07, 6.45) is 5.30. The van der Waals surface area contributed by atoms with Gasteiger partial charge in [0.2, 0.25) is 0 Å². The third-order valence-electron chi connectivity index (χ3n) is 7.63. The summed E-state index contributed by atoms with van der Waals surface area (Å²) in [5, 5.41) is 5.06. The molecule has 6 heteroatoms. The van der Waals surface area contributed by atoms with Gasteiger partial charge in [0.15, 0.2) is 5.78 Å². The molecule has 1 atom stereocenters. The molecule has 33 heavy (non-hydrogen) atoms. The number of nitrogens with zero attached hydrogens (tertiary/aromatic N) is 1. The van der Waals surface area contributed by atoms with Gasteiger partial charge >= 0.3 is 0 Å². The van der Waals surface area contributed by atoms with E-state index in [0.717, 1.165) is 80.6 Å². The second kappa shape index (κ2) is 8.55. The van der Waals surface area contributed by atoms with Crippen LogP contribution in [0.1, 0.15) is 53.3 Å². The smallest absolute Gasteiger partial charge is 0.198 e. The maximum atomic E-state index is 14.0. The molecule has 0 radical (unpaired) electrons. The first-order valence-corrected chi connectivity index (χ1v) is 12.4. The molecule has 1 N–H and O–H groups in total. The molecule has 1 aromatic heterocycles. The Morgan fingerprint density at radius 2 is 1.91 bits per heavy atom. The van der Waals surface area contributed by atoms with Crippen LogP contribution in [0.5, 0.6) is 0 Å². The van der Waals surface area contributed by atoms with E-state index in [1.807, 2.05) is 30.5 Å². The van der Waals surface area contributed by atoms with Gasteiger partial charge in [0, 0.05) is 41.9 Å². The molecule has 2 saturated heterocycles. The van der Waals surface area contributed by atoms with Gasteiger partial charge in [-0.15, -0.1) is 0 Å². The number of hydrogen-bond donors (Lipinski definition) is 1. The molecule has 0 bridgehead atoms. The number of halogens is 1. The fraction of sp³-hybridized carbons (Fsp3) is 0.444. The number of carbonyl (C=O) groups excluding carboxylic acids is 1. The van der Waals surface area contributed by atoms with E-state index in [1.54, 1.807) is 0 Å². The van der Waals surface area contributed by atoms with Gasteiger partial charge in [-0.05, 0) is 68.0 Å². The highest BCUT2D eigenvalue weighted by atomic mass is 35.5. The van der Waals surface area contributed by atoms with Crippen LogP contribution in [0.3, 0.4) is 0 Å². The predicted molar refractivity (Wildman–Crippen MR) is 129 cm³/mol. The van der Waals surface area contributed by atoms with Gasteiger partial charge in [0.1, 0.15) is 6.10 Å². The molecular weight excluding hydrogens is 436 g/mol. The summed E-state index contributed by atoms with van der Waals surface area (Å²) in [6.45, 7) is 4.28. The lowest BCUT2D eigenvalue weighted by Gasteiger charge is -2.34. The number of nitrogens with one attached hydrogen (secondary N) is 1. The van der Waals surface area contributed by atoms with Gasteiger partial charge in [-0.1, -0.05) is 41.9 Å². The Bertz CT molecular complexity index is 1190. The summed E-state index contributed by atoms with van der Waals surface area (Å²) in [7, 11) is 0. The van der Waals surface area contributed by atoms with Gasteiger partial charge < -0.3 is 19.4 Å². The van der Waals surface area contributed by atoms with Gasteiger partial charge in [0.25, 0.3) is 0 Å². The fourth-order valence-corrected chi connectivity index (χ4v) is 6.03. The van der Waals surface area contributed by atoms with Gasteiger partial charge in [-0.25, -0.2) is 0 Å². The van der Waals surface area contributed by atoms with Crippen molar-refractivity contribution in [2.75, 3.05) is 26.3 Å². The standard InChI is InChI=1S/C27H29ClN2O3/c28-19-5-6-20-22(17-30(24(20)15-19)16-18-7-13-32-14-8-18)25(31)26-21-3-1-2-4-23(21)27(33-26)9-11-29-12-10-27/h1-6,15,17-18,26,29H,7-14,16H2/t26-/m1/s1. The van der Waals surface area contributed by atoms with E-state index in [9.17, 15) is 4.79 Å². The number of ether oxygens (including phenoxy) is 2. The maximum absolute atomic E-state index is 14.0. The first kappa shape index (κ1) is 21.4. The minimum Gasteiger partial charge on any atom is -0.381 e. The summed E-state index contributed by atoms with van der Waals surface area (Å²) >= 11 is 6.36. The van der Waals surface area contributed by atoms with E-state index in [1.165, 1.54) is 5.56 Å². The summed E-state index contributed by atoms with van der Waals surface area (Å²) in [4.78, 5) is 14.0. The van der Waals surface area contributed by atoms with Crippen molar-refractivity contribution in [3.05, 3.63) is 70.4 Å². The van der Waals surface area contributed by atoms with Crippen LogP contribution in [0.15, 0.2) is 48.7 Å². The van der Waals surface area contributed by atoms with Crippen LogP contribution in [-0.2, 0) is 21.6 Å². The largest absolute Gasteiger partial charge is 0.381 e. The van der Waals surface area contributed by atoms with Crippen molar-refractivity contribution in [3.63, 3.8) is 0 Å². The lowest BCUT2D eigenvalue weighted by molar-refractivity contribution is -0.0805. The van der Waals surface area contributed by atoms with Crippen molar-refractivity contribution in [1.29, 1.82) is 0 Å². The third-order valence-corrected chi connectivity index (χ3v) is 7.87. The molecule has 0 unspecified atom stereocenters. The molecule has 5 nitrogen and oxygen atoms in total. The number of ketones is 1. The topological polar surface area (TPSA) is 52.5 Å². The van der Waals surface area contributed by atoms with E-state index >= 15 is 0 Å². The maximum Gasteiger partial charge on any atom is 0.198 e.